The molecule has 2 rings (SSSR count). The lowest BCUT2D eigenvalue weighted by molar-refractivity contribution is -0.138. The Morgan fingerprint density at radius 2 is 1.76 bits per heavy atom. The molecule has 1 amide bonds. The van der Waals surface area contributed by atoms with E-state index in [0.717, 1.165) is 37.1 Å². The van der Waals surface area contributed by atoms with Gasteiger partial charge in [0.05, 0.1) is 5.56 Å². The highest BCUT2D eigenvalue weighted by Gasteiger charge is 2.31. The van der Waals surface area contributed by atoms with Gasteiger partial charge in [0, 0.05) is 12.1 Å². The van der Waals surface area contributed by atoms with E-state index >= 15 is 0 Å². The van der Waals surface area contributed by atoms with Crippen LogP contribution in [0.15, 0.2) is 24.3 Å². The monoisotopic (exact) mass is 301 g/mol. The number of hydrogen-bond acceptors (Lipinski definition) is 2. The highest BCUT2D eigenvalue weighted by molar-refractivity contribution is 5.95. The molecule has 0 heterocycles. The van der Waals surface area contributed by atoms with Gasteiger partial charge in [-0.25, -0.2) is 0 Å². The molecule has 4 nitrogen and oxygen atoms in total. The Morgan fingerprint density at radius 1 is 1.19 bits per heavy atom. The number of carboxylic acid groups (broad SMARTS) is 1. The van der Waals surface area contributed by atoms with Gasteiger partial charge < -0.3 is 10.0 Å². The van der Waals surface area contributed by atoms with Gasteiger partial charge in [-0.2, -0.15) is 13.2 Å². The predicted octanol–water partition coefficient (Wildman–Crippen LogP) is 2.64. The minimum absolute atomic E-state index is 0.0601. The summed E-state index contributed by atoms with van der Waals surface area (Å²) in [4.78, 5) is 24.1. The largest absolute Gasteiger partial charge is 0.480 e. The molecule has 0 bridgehead atoms. The van der Waals surface area contributed by atoms with E-state index in [9.17, 15) is 22.8 Å². The molecule has 0 atom stereocenters. The third-order valence-corrected chi connectivity index (χ3v) is 3.25. The van der Waals surface area contributed by atoms with E-state index in [4.69, 9.17) is 5.11 Å². The van der Waals surface area contributed by atoms with Crippen LogP contribution in [0.25, 0.3) is 0 Å². The Hall–Kier alpha value is -2.05. The number of benzene rings is 1. The molecule has 1 saturated carbocycles. The van der Waals surface area contributed by atoms with E-state index in [2.05, 4.69) is 0 Å². The lowest BCUT2D eigenvalue weighted by Crippen LogP contribution is -2.37. The molecule has 1 aromatic carbocycles. The molecule has 7 heteroatoms. The van der Waals surface area contributed by atoms with Gasteiger partial charge in [-0.1, -0.05) is 0 Å². The smallest absolute Gasteiger partial charge is 0.416 e. The highest BCUT2D eigenvalue weighted by Crippen LogP contribution is 2.31. The molecular weight excluding hydrogens is 287 g/mol. The Morgan fingerprint density at radius 3 is 2.19 bits per heavy atom. The standard InChI is InChI=1S/C14H14F3NO3/c15-14(16,17)11-5-3-10(4-6-11)13(21)18(8-12(19)20)7-9-1-2-9/h3-6,9H,1-2,7-8H2,(H,19,20). The van der Waals surface area contributed by atoms with Crippen LogP contribution in [-0.2, 0) is 11.0 Å². The van der Waals surface area contributed by atoms with E-state index in [1.807, 2.05) is 0 Å². The molecule has 0 radical (unpaired) electrons. The number of nitrogens with zero attached hydrogens (tertiary/aromatic N) is 1. The van der Waals surface area contributed by atoms with Crippen LogP contribution >= 0.6 is 0 Å². The fourth-order valence-corrected chi connectivity index (χ4v) is 1.98. The van der Waals surface area contributed by atoms with Gasteiger partial charge in [-0.3, -0.25) is 9.59 Å². The number of aliphatic carboxylic acids is 1. The van der Waals surface area contributed by atoms with E-state index in [1.54, 1.807) is 0 Å². The number of halogens is 3. The van der Waals surface area contributed by atoms with Crippen LogP contribution in [0.1, 0.15) is 28.8 Å². The van der Waals surface area contributed by atoms with E-state index in [-0.39, 0.29) is 5.56 Å². The first-order valence-corrected chi connectivity index (χ1v) is 6.45. The fraction of sp³-hybridized carbons (Fsp3) is 0.429. The van der Waals surface area contributed by atoms with Crippen molar-refractivity contribution in [3.63, 3.8) is 0 Å². The molecule has 0 aliphatic heterocycles. The number of hydrogen-bond donors (Lipinski definition) is 1. The van der Waals surface area contributed by atoms with Crippen molar-refractivity contribution in [2.75, 3.05) is 13.1 Å². The summed E-state index contributed by atoms with van der Waals surface area (Å²) in [6.45, 7) is -0.123. The van der Waals surface area contributed by atoms with Crippen LogP contribution in [-0.4, -0.2) is 35.0 Å². The minimum Gasteiger partial charge on any atom is -0.480 e. The van der Waals surface area contributed by atoms with Crippen LogP contribution in [0.4, 0.5) is 13.2 Å². The second-order valence-corrected chi connectivity index (χ2v) is 5.10. The molecule has 1 fully saturated rings. The Balaban J connectivity index is 2.13. The van der Waals surface area contributed by atoms with Crippen molar-refractivity contribution in [1.29, 1.82) is 0 Å². The van der Waals surface area contributed by atoms with Crippen molar-refractivity contribution in [2.24, 2.45) is 5.92 Å². The number of amides is 1. The van der Waals surface area contributed by atoms with Crippen LogP contribution in [0, 0.1) is 5.92 Å². The molecule has 0 saturated heterocycles. The zero-order valence-corrected chi connectivity index (χ0v) is 11.1. The van der Waals surface area contributed by atoms with Gasteiger partial charge in [0.1, 0.15) is 6.54 Å². The predicted molar refractivity (Wildman–Crippen MR) is 67.7 cm³/mol. The van der Waals surface area contributed by atoms with E-state index < -0.39 is 30.2 Å². The van der Waals surface area contributed by atoms with Crippen molar-refractivity contribution < 1.29 is 27.9 Å². The zero-order chi connectivity index (χ0) is 15.6. The molecule has 1 aliphatic carbocycles. The average Bonchev–Trinajstić information content (AvgIpc) is 3.20. The first kappa shape index (κ1) is 15.3. The Labute approximate surface area is 119 Å². The van der Waals surface area contributed by atoms with E-state index in [0.29, 0.717) is 12.5 Å². The quantitative estimate of drug-likeness (QED) is 0.909. The van der Waals surface area contributed by atoms with Crippen molar-refractivity contribution in [3.05, 3.63) is 35.4 Å². The van der Waals surface area contributed by atoms with Gasteiger partial charge in [0.25, 0.3) is 5.91 Å². The van der Waals surface area contributed by atoms with Crippen molar-refractivity contribution in [2.45, 2.75) is 19.0 Å². The summed E-state index contributed by atoms with van der Waals surface area (Å²) in [7, 11) is 0. The molecule has 1 aliphatic rings. The lowest BCUT2D eigenvalue weighted by atomic mass is 10.1. The summed E-state index contributed by atoms with van der Waals surface area (Å²) in [5.74, 6) is -1.41. The van der Waals surface area contributed by atoms with E-state index in [1.165, 1.54) is 4.90 Å². The maximum Gasteiger partial charge on any atom is 0.416 e. The lowest BCUT2D eigenvalue weighted by Gasteiger charge is -2.20. The Bertz CT molecular complexity index is 535. The zero-order valence-electron chi connectivity index (χ0n) is 11.1. The van der Waals surface area contributed by atoms with Crippen LogP contribution < -0.4 is 0 Å². The summed E-state index contributed by atoms with van der Waals surface area (Å²) < 4.78 is 37.4. The first-order chi connectivity index (χ1) is 9.77. The van der Waals surface area contributed by atoms with Crippen molar-refractivity contribution in [1.82, 2.24) is 4.90 Å². The maximum atomic E-state index is 12.5. The normalized spacial score (nSPS) is 14.8. The van der Waals surface area contributed by atoms with Crippen LogP contribution in [0.3, 0.4) is 0 Å². The molecule has 21 heavy (non-hydrogen) atoms. The molecule has 0 spiro atoms. The molecule has 0 unspecified atom stereocenters. The summed E-state index contributed by atoms with van der Waals surface area (Å²) in [5.41, 5.74) is -0.782. The molecule has 0 aromatic heterocycles. The third kappa shape index (κ3) is 4.21. The van der Waals surface area contributed by atoms with Crippen LogP contribution in [0.5, 0.6) is 0 Å². The average molecular weight is 301 g/mol. The highest BCUT2D eigenvalue weighted by atomic mass is 19.4. The molecule has 1 aromatic rings. The molecular formula is C14H14F3NO3. The molecule has 1 N–H and O–H groups in total. The topological polar surface area (TPSA) is 57.6 Å². The summed E-state index contributed by atoms with van der Waals surface area (Å²) in [6.07, 6.45) is -2.58. The molecule has 114 valence electrons. The SMILES string of the molecule is O=C(O)CN(CC1CC1)C(=O)c1ccc(C(F)(F)F)cc1. The van der Waals surface area contributed by atoms with Gasteiger partial charge in [0.15, 0.2) is 0 Å². The summed E-state index contributed by atoms with van der Waals surface area (Å²) in [6, 6.07) is 3.80. The van der Waals surface area contributed by atoms with Gasteiger partial charge in [0.2, 0.25) is 0 Å². The first-order valence-electron chi connectivity index (χ1n) is 6.45. The Kier molecular flexibility index (Phi) is 4.20. The maximum absolute atomic E-state index is 12.5. The second-order valence-electron chi connectivity index (χ2n) is 5.10. The fourth-order valence-electron chi connectivity index (χ4n) is 1.98. The number of carbonyl (C=O) groups excluding carboxylic acids is 1. The number of rotatable bonds is 5. The van der Waals surface area contributed by atoms with Crippen molar-refractivity contribution in [3.8, 4) is 0 Å². The van der Waals surface area contributed by atoms with Gasteiger partial charge in [-0.15, -0.1) is 0 Å². The third-order valence-electron chi connectivity index (χ3n) is 3.25. The number of carboxylic acids is 1. The van der Waals surface area contributed by atoms with Crippen LogP contribution in [0.2, 0.25) is 0 Å². The summed E-state index contributed by atoms with van der Waals surface area (Å²) >= 11 is 0. The van der Waals surface area contributed by atoms with Gasteiger partial charge >= 0.3 is 12.1 Å². The van der Waals surface area contributed by atoms with Gasteiger partial charge in [-0.05, 0) is 43.0 Å². The second kappa shape index (κ2) is 5.75. The minimum atomic E-state index is -4.46. The van der Waals surface area contributed by atoms with Crippen molar-refractivity contribution >= 4 is 11.9 Å². The number of alkyl halides is 3. The summed E-state index contributed by atoms with van der Waals surface area (Å²) in [5, 5.41) is 8.82. The number of carbonyl (C=O) groups is 2.